The Labute approximate surface area is 127 Å². The van der Waals surface area contributed by atoms with Gasteiger partial charge in [-0.1, -0.05) is 38.8 Å². The van der Waals surface area contributed by atoms with Crippen LogP contribution in [-0.2, 0) is 0 Å². The first kappa shape index (κ1) is 15.6. The maximum Gasteiger partial charge on any atom is 0.146 e. The molecule has 21 heavy (non-hydrogen) atoms. The normalized spacial score (nSPS) is 15.7. The van der Waals surface area contributed by atoms with E-state index in [4.69, 9.17) is 0 Å². The number of hydrogen-bond donors (Lipinski definition) is 1. The van der Waals surface area contributed by atoms with E-state index in [0.29, 0.717) is 11.1 Å². The molecule has 0 unspecified atom stereocenters. The molecule has 1 N–H and O–H groups in total. The molecule has 0 spiro atoms. The van der Waals surface area contributed by atoms with Crippen LogP contribution in [-0.4, -0.2) is 28.1 Å². The van der Waals surface area contributed by atoms with Crippen molar-refractivity contribution in [2.45, 2.75) is 46.0 Å². The molecule has 3 nitrogen and oxygen atoms in total. The zero-order valence-corrected chi connectivity index (χ0v) is 13.2. The van der Waals surface area contributed by atoms with Crippen molar-refractivity contribution in [3.05, 3.63) is 40.7 Å². The highest BCUT2D eigenvalue weighted by Crippen LogP contribution is 2.16. The van der Waals surface area contributed by atoms with E-state index in [0.717, 1.165) is 30.3 Å². The van der Waals surface area contributed by atoms with Gasteiger partial charge in [0.15, 0.2) is 0 Å². The van der Waals surface area contributed by atoms with Crippen LogP contribution >= 0.6 is 0 Å². The first-order chi connectivity index (χ1) is 10.3. The lowest BCUT2D eigenvalue weighted by Crippen LogP contribution is -2.33. The van der Waals surface area contributed by atoms with Crippen LogP contribution in [0.3, 0.4) is 0 Å². The molecule has 114 valence electrons. The van der Waals surface area contributed by atoms with Crippen molar-refractivity contribution in [2.24, 2.45) is 0 Å². The molecule has 1 heterocycles. The predicted octanol–water partition coefficient (Wildman–Crippen LogP) is 2.72. The largest absolute Gasteiger partial charge is 0.505 e. The molecule has 0 saturated heterocycles. The smallest absolute Gasteiger partial charge is 0.146 e. The fourth-order valence-electron chi connectivity index (χ4n) is 2.55. The van der Waals surface area contributed by atoms with Gasteiger partial charge in [-0.3, -0.25) is 4.98 Å². The van der Waals surface area contributed by atoms with Crippen LogP contribution in [0.15, 0.2) is 30.1 Å². The van der Waals surface area contributed by atoms with Gasteiger partial charge in [-0.25, -0.2) is 0 Å². The minimum absolute atomic E-state index is 0.339. The third-order valence-electron chi connectivity index (χ3n) is 3.85. The van der Waals surface area contributed by atoms with Crippen LogP contribution < -0.4 is 10.6 Å². The topological polar surface area (TPSA) is 36.4 Å². The summed E-state index contributed by atoms with van der Waals surface area (Å²) in [6, 6.07) is 3.91. The molecular formula is C18H26N2O. The van der Waals surface area contributed by atoms with E-state index < -0.39 is 0 Å². The van der Waals surface area contributed by atoms with Gasteiger partial charge in [-0.05, 0) is 25.3 Å². The highest BCUT2D eigenvalue weighted by Gasteiger charge is 2.11. The Hall–Kier alpha value is -1.77. The van der Waals surface area contributed by atoms with Gasteiger partial charge in [0.25, 0.3) is 0 Å². The van der Waals surface area contributed by atoms with Gasteiger partial charge in [0.05, 0.1) is 0 Å². The molecule has 0 aromatic carbocycles. The summed E-state index contributed by atoms with van der Waals surface area (Å²) in [6.45, 7) is 6.54. The Balaban J connectivity index is 2.24. The number of aliphatic hydroxyl groups is 1. The lowest BCUT2D eigenvalue weighted by atomic mass is 10.0. The van der Waals surface area contributed by atoms with Crippen molar-refractivity contribution >= 4 is 11.8 Å². The molecule has 1 aliphatic rings. The van der Waals surface area contributed by atoms with Crippen molar-refractivity contribution in [3.8, 4) is 0 Å². The molecule has 1 aromatic rings. The number of aromatic nitrogens is 1. The number of unbranched alkanes of at least 4 members (excludes halogenated alkanes) is 2. The molecule has 0 atom stereocenters. The Morgan fingerprint density at radius 2 is 1.95 bits per heavy atom. The predicted molar refractivity (Wildman–Crippen MR) is 88.1 cm³/mol. The van der Waals surface area contributed by atoms with Crippen molar-refractivity contribution in [2.75, 3.05) is 13.1 Å². The van der Waals surface area contributed by atoms with E-state index in [2.05, 4.69) is 36.0 Å². The SMILES string of the molecule is CCCCN(C=C1CC=c2cccnc2=C1O)CCCC. The second-order valence-electron chi connectivity index (χ2n) is 5.60. The van der Waals surface area contributed by atoms with E-state index in [1.54, 1.807) is 6.20 Å². The Morgan fingerprint density at radius 1 is 1.24 bits per heavy atom. The third kappa shape index (κ3) is 4.10. The van der Waals surface area contributed by atoms with Gasteiger partial charge in [0.1, 0.15) is 11.1 Å². The lowest BCUT2D eigenvalue weighted by Gasteiger charge is -2.22. The number of aliphatic hydroxyl groups excluding tert-OH is 1. The van der Waals surface area contributed by atoms with Gasteiger partial charge in [-0.15, -0.1) is 0 Å². The van der Waals surface area contributed by atoms with Gasteiger partial charge >= 0.3 is 0 Å². The molecule has 0 amide bonds. The fraction of sp³-hybridized carbons (Fsp3) is 0.500. The minimum atomic E-state index is 0.339. The second kappa shape index (κ2) is 7.87. The maximum absolute atomic E-state index is 10.5. The molecule has 1 aliphatic carbocycles. The lowest BCUT2D eigenvalue weighted by molar-refractivity contribution is 0.356. The highest BCUT2D eigenvalue weighted by molar-refractivity contribution is 5.61. The number of pyridine rings is 1. The van der Waals surface area contributed by atoms with Crippen LogP contribution in [0.25, 0.3) is 11.8 Å². The maximum atomic E-state index is 10.5. The number of fused-ring (bicyclic) bond motifs is 1. The fourth-order valence-corrected chi connectivity index (χ4v) is 2.55. The molecular weight excluding hydrogens is 260 g/mol. The first-order valence-corrected chi connectivity index (χ1v) is 8.05. The molecule has 0 fully saturated rings. The van der Waals surface area contributed by atoms with Gasteiger partial charge in [0.2, 0.25) is 0 Å². The molecule has 0 aliphatic heterocycles. The van der Waals surface area contributed by atoms with E-state index in [1.807, 2.05) is 12.1 Å². The standard InChI is InChI=1S/C18H26N2O/c1-3-5-12-20(13-6-4-2)14-16-10-9-15-8-7-11-19-17(15)18(16)21/h7-9,11,14,21H,3-6,10,12-13H2,1-2H3. The Bertz CT molecular complexity index is 596. The minimum Gasteiger partial charge on any atom is -0.505 e. The molecule has 0 bridgehead atoms. The summed E-state index contributed by atoms with van der Waals surface area (Å²) in [6.07, 6.45) is 11.5. The van der Waals surface area contributed by atoms with Crippen molar-refractivity contribution < 1.29 is 5.11 Å². The Kier molecular flexibility index (Phi) is 5.85. The first-order valence-electron chi connectivity index (χ1n) is 8.05. The quantitative estimate of drug-likeness (QED) is 0.837. The van der Waals surface area contributed by atoms with Crippen LogP contribution in [0.2, 0.25) is 0 Å². The van der Waals surface area contributed by atoms with Crippen LogP contribution in [0.1, 0.15) is 46.0 Å². The van der Waals surface area contributed by atoms with Crippen molar-refractivity contribution in [1.82, 2.24) is 9.88 Å². The average Bonchev–Trinajstić information content (AvgIpc) is 2.52. The van der Waals surface area contributed by atoms with Gasteiger partial charge in [0, 0.05) is 36.3 Å². The van der Waals surface area contributed by atoms with E-state index in [9.17, 15) is 5.11 Å². The number of nitrogens with zero attached hydrogens (tertiary/aromatic N) is 2. The second-order valence-corrected chi connectivity index (χ2v) is 5.60. The molecule has 0 saturated carbocycles. The van der Waals surface area contributed by atoms with Crippen molar-refractivity contribution in [3.63, 3.8) is 0 Å². The van der Waals surface area contributed by atoms with Crippen LogP contribution in [0.5, 0.6) is 0 Å². The summed E-state index contributed by atoms with van der Waals surface area (Å²) in [4.78, 5) is 6.65. The highest BCUT2D eigenvalue weighted by atomic mass is 16.3. The van der Waals surface area contributed by atoms with E-state index >= 15 is 0 Å². The summed E-state index contributed by atoms with van der Waals surface area (Å²) in [7, 11) is 0. The summed E-state index contributed by atoms with van der Waals surface area (Å²) in [5.74, 6) is 0.339. The summed E-state index contributed by atoms with van der Waals surface area (Å²) in [5, 5.41) is 12.2. The average molecular weight is 286 g/mol. The molecule has 1 aromatic heterocycles. The van der Waals surface area contributed by atoms with Crippen LogP contribution in [0.4, 0.5) is 0 Å². The molecule has 0 radical (unpaired) electrons. The third-order valence-corrected chi connectivity index (χ3v) is 3.85. The summed E-state index contributed by atoms with van der Waals surface area (Å²) >= 11 is 0. The molecule has 2 rings (SSSR count). The number of rotatable bonds is 7. The zero-order valence-electron chi connectivity index (χ0n) is 13.2. The van der Waals surface area contributed by atoms with E-state index in [-0.39, 0.29) is 0 Å². The van der Waals surface area contributed by atoms with Crippen LogP contribution in [0, 0.1) is 0 Å². The monoisotopic (exact) mass is 286 g/mol. The van der Waals surface area contributed by atoms with Crippen molar-refractivity contribution in [1.29, 1.82) is 0 Å². The summed E-state index contributed by atoms with van der Waals surface area (Å²) < 4.78 is 0. The zero-order chi connectivity index (χ0) is 15.1. The van der Waals surface area contributed by atoms with Gasteiger partial charge in [-0.2, -0.15) is 0 Å². The molecule has 3 heteroatoms. The van der Waals surface area contributed by atoms with E-state index in [1.165, 1.54) is 25.7 Å². The number of hydrogen-bond acceptors (Lipinski definition) is 3. The Morgan fingerprint density at radius 3 is 2.62 bits per heavy atom. The van der Waals surface area contributed by atoms with Gasteiger partial charge < -0.3 is 10.0 Å². The summed E-state index contributed by atoms with van der Waals surface area (Å²) in [5.41, 5.74) is 0.980.